The van der Waals surface area contributed by atoms with Crippen molar-refractivity contribution in [3.05, 3.63) is 0 Å². The highest BCUT2D eigenvalue weighted by Gasteiger charge is 2.29. The fourth-order valence-electron chi connectivity index (χ4n) is 0.223. The van der Waals surface area contributed by atoms with Crippen LogP contribution in [0, 0.1) is 11.3 Å². The highest BCUT2D eigenvalue weighted by Crippen LogP contribution is 2.58. The second kappa shape index (κ2) is 2.97. The van der Waals surface area contributed by atoms with Gasteiger partial charge in [-0.15, -0.1) is 11.7 Å². The van der Waals surface area contributed by atoms with Gasteiger partial charge in [-0.1, -0.05) is 0 Å². The van der Waals surface area contributed by atoms with Gasteiger partial charge in [0.2, 0.25) is 11.2 Å². The summed E-state index contributed by atoms with van der Waals surface area (Å²) in [5.74, 6) is 0. The van der Waals surface area contributed by atoms with Crippen LogP contribution in [-0.2, 0) is 0 Å². The van der Waals surface area contributed by atoms with E-state index in [1.807, 2.05) is 0 Å². The molecule has 0 N–H and O–H groups in total. The molecule has 0 amide bonds. The van der Waals surface area contributed by atoms with Crippen LogP contribution in [0.15, 0.2) is 0 Å². The van der Waals surface area contributed by atoms with Gasteiger partial charge in [0.05, 0.1) is 17.7 Å². The molecule has 0 aromatic carbocycles. The third kappa shape index (κ3) is 3.25. The number of hydrogen-bond acceptors (Lipinski definition) is 1. The average molecular weight is 157 g/mol. The summed E-state index contributed by atoms with van der Waals surface area (Å²) < 4.78 is 34.7. The molecule has 0 aromatic heterocycles. The van der Waals surface area contributed by atoms with Crippen LogP contribution in [-0.4, -0.2) is 5.25 Å². The maximum absolute atomic E-state index is 11.6. The van der Waals surface area contributed by atoms with E-state index in [-0.39, 0.29) is 0 Å². The van der Waals surface area contributed by atoms with Crippen molar-refractivity contribution in [3.8, 4) is 6.07 Å². The molecule has 0 bridgehead atoms. The van der Waals surface area contributed by atoms with Crippen LogP contribution >= 0.6 is 11.2 Å². The lowest BCUT2D eigenvalue weighted by Gasteiger charge is -2.14. The molecule has 0 aliphatic rings. The molecule has 0 saturated heterocycles. The highest BCUT2D eigenvalue weighted by atomic mass is 32.3. The normalized spacial score (nSPS) is 16.3. The second-order valence-corrected chi connectivity index (χ2v) is 3.30. The Labute approximate surface area is 53.7 Å². The third-order valence-electron chi connectivity index (χ3n) is 0.835. The Morgan fingerprint density at radius 3 is 2.11 bits per heavy atom. The van der Waals surface area contributed by atoms with E-state index >= 15 is 0 Å². The summed E-state index contributed by atoms with van der Waals surface area (Å²) in [4.78, 5) is 0. The van der Waals surface area contributed by atoms with Gasteiger partial charge >= 0.3 is 0 Å². The summed E-state index contributed by atoms with van der Waals surface area (Å²) in [6, 6.07) is 1.47. The molecule has 0 spiro atoms. The fraction of sp³-hybridized carbons (Fsp3) is 0.750. The zero-order valence-corrected chi connectivity index (χ0v) is 5.59. The number of rotatable bonds is 2. The van der Waals surface area contributed by atoms with Gasteiger partial charge in [-0.2, -0.15) is 5.26 Å². The largest absolute Gasteiger partial charge is 0.212 e. The Balaban J connectivity index is 3.76. The summed E-state index contributed by atoms with van der Waals surface area (Å²) in [5, 5.41) is 6.45. The Bertz CT molecular complexity index is 125. The van der Waals surface area contributed by atoms with Gasteiger partial charge in [-0.25, -0.2) is 0 Å². The van der Waals surface area contributed by atoms with E-state index in [4.69, 9.17) is 5.26 Å². The number of nitrogens with zero attached hydrogens (tertiary/aromatic N) is 1. The van der Waals surface area contributed by atoms with Gasteiger partial charge in [0.1, 0.15) is 0 Å². The van der Waals surface area contributed by atoms with E-state index in [1.165, 1.54) is 6.07 Å². The highest BCUT2D eigenvalue weighted by molar-refractivity contribution is 8.21. The third-order valence-corrected chi connectivity index (χ3v) is 1.91. The Morgan fingerprint density at radius 2 is 2.00 bits per heavy atom. The van der Waals surface area contributed by atoms with Crippen LogP contribution in [0.4, 0.5) is 11.7 Å². The molecule has 5 heteroatoms. The van der Waals surface area contributed by atoms with Crippen molar-refractivity contribution in [2.24, 2.45) is 0 Å². The summed E-state index contributed by atoms with van der Waals surface area (Å²) in [5.41, 5.74) is 0. The van der Waals surface area contributed by atoms with Gasteiger partial charge in [0, 0.05) is 0 Å². The maximum atomic E-state index is 11.6. The van der Waals surface area contributed by atoms with E-state index in [0.29, 0.717) is 0 Å². The van der Waals surface area contributed by atoms with E-state index < -0.39 is 22.9 Å². The van der Waals surface area contributed by atoms with Gasteiger partial charge in [0.15, 0.2) is 0 Å². The molecule has 0 saturated carbocycles. The van der Waals surface area contributed by atoms with Crippen molar-refractivity contribution in [2.75, 3.05) is 0 Å². The smallest absolute Gasteiger partial charge is 0.198 e. The first-order valence-electron chi connectivity index (χ1n) is 2.26. The van der Waals surface area contributed by atoms with Crippen molar-refractivity contribution in [3.63, 3.8) is 0 Å². The van der Waals surface area contributed by atoms with E-state index in [1.54, 1.807) is 0 Å². The Hall–Kier alpha value is -0.370. The van der Waals surface area contributed by atoms with Gasteiger partial charge in [0.25, 0.3) is 0 Å². The van der Waals surface area contributed by atoms with Gasteiger partial charge < -0.3 is 0 Å². The molecule has 0 fully saturated rings. The van der Waals surface area contributed by atoms with E-state index in [2.05, 4.69) is 0 Å². The summed E-state index contributed by atoms with van der Waals surface area (Å²) >= 11 is -4.99. The number of halogens is 3. The average Bonchev–Trinajstić information content (AvgIpc) is 1.64. The number of nitriles is 1. The van der Waals surface area contributed by atoms with Crippen LogP contribution in [0.5, 0.6) is 0 Å². The van der Waals surface area contributed by atoms with Gasteiger partial charge in [-0.05, 0) is 6.92 Å². The topological polar surface area (TPSA) is 23.8 Å². The van der Waals surface area contributed by atoms with Crippen molar-refractivity contribution in [1.29, 1.82) is 5.26 Å². The molecule has 0 aliphatic heterocycles. The summed E-state index contributed by atoms with van der Waals surface area (Å²) in [6.07, 6.45) is -0.418. The van der Waals surface area contributed by atoms with Crippen molar-refractivity contribution >= 4 is 11.2 Å². The zero-order chi connectivity index (χ0) is 7.49. The van der Waals surface area contributed by atoms with Crippen molar-refractivity contribution in [1.82, 2.24) is 0 Å². The van der Waals surface area contributed by atoms with Crippen LogP contribution in [0.1, 0.15) is 13.3 Å². The number of hydrogen-bond donors (Lipinski definition) is 0. The van der Waals surface area contributed by atoms with Crippen LogP contribution < -0.4 is 0 Å². The van der Waals surface area contributed by atoms with Crippen LogP contribution in [0.25, 0.3) is 0 Å². The molecule has 54 valence electrons. The Kier molecular flexibility index (Phi) is 2.85. The molecule has 1 unspecified atom stereocenters. The molecular formula is C4H6F3NS. The first kappa shape index (κ1) is 8.63. The molecule has 0 radical (unpaired) electrons. The molecule has 0 aromatic rings. The Morgan fingerprint density at radius 1 is 1.56 bits per heavy atom. The monoisotopic (exact) mass is 157 g/mol. The minimum atomic E-state index is -4.99. The van der Waals surface area contributed by atoms with Crippen molar-refractivity contribution in [2.45, 2.75) is 18.6 Å². The maximum Gasteiger partial charge on any atom is 0.212 e. The molecule has 1 atom stereocenters. The van der Waals surface area contributed by atoms with Crippen molar-refractivity contribution < 1.29 is 11.7 Å². The molecule has 1 nitrogen and oxygen atoms in total. The SMILES string of the molecule is CC(CC#N)S(F)(F)F. The summed E-state index contributed by atoms with van der Waals surface area (Å²) in [6.45, 7) is 1.03. The zero-order valence-electron chi connectivity index (χ0n) is 4.77. The van der Waals surface area contributed by atoms with Crippen LogP contribution in [0.2, 0.25) is 0 Å². The first-order valence-corrected chi connectivity index (χ1v) is 3.66. The van der Waals surface area contributed by atoms with Crippen LogP contribution in [0.3, 0.4) is 0 Å². The lowest BCUT2D eigenvalue weighted by atomic mass is 10.4. The quantitative estimate of drug-likeness (QED) is 0.604. The standard InChI is InChI=1S/C4H6F3NS/c1-4(2-3-8)9(5,6)7/h4H,2H2,1H3. The molecular weight excluding hydrogens is 151 g/mol. The molecule has 0 aliphatic carbocycles. The minimum absolute atomic E-state index is 0.418. The van der Waals surface area contributed by atoms with Gasteiger partial charge in [-0.3, -0.25) is 0 Å². The first-order chi connectivity index (χ1) is 3.98. The minimum Gasteiger partial charge on any atom is -0.198 e. The molecule has 0 rings (SSSR count). The molecule has 9 heavy (non-hydrogen) atoms. The lowest BCUT2D eigenvalue weighted by Crippen LogP contribution is -2.00. The predicted molar refractivity (Wildman–Crippen MR) is 30.6 cm³/mol. The van der Waals surface area contributed by atoms with E-state index in [0.717, 1.165) is 6.92 Å². The summed E-state index contributed by atoms with van der Waals surface area (Å²) in [7, 11) is 0. The fourth-order valence-corrected chi connectivity index (χ4v) is 0.487. The van der Waals surface area contributed by atoms with E-state index in [9.17, 15) is 11.7 Å². The molecule has 0 heterocycles. The second-order valence-electron chi connectivity index (χ2n) is 1.62. The lowest BCUT2D eigenvalue weighted by molar-refractivity contribution is 0.605. The predicted octanol–water partition coefficient (Wildman–Crippen LogP) is 2.75.